The molecule has 0 radical (unpaired) electrons. The second-order valence-corrected chi connectivity index (χ2v) is 13.0. The average Bonchev–Trinajstić information content (AvgIpc) is 3.25. The van der Waals surface area contributed by atoms with Crippen molar-refractivity contribution in [2.75, 3.05) is 29.2 Å². The number of hydrogen-bond donors (Lipinski definition) is 4. The Morgan fingerprint density at radius 1 is 1.30 bits per heavy atom. The van der Waals surface area contributed by atoms with Crippen LogP contribution in [0.3, 0.4) is 0 Å². The lowest BCUT2D eigenvalue weighted by Gasteiger charge is -2.15. The average molecular weight is 617 g/mol. The van der Waals surface area contributed by atoms with Crippen LogP contribution in [0.4, 0.5) is 17.2 Å². The fourth-order valence-corrected chi connectivity index (χ4v) is 6.71. The number of nitrogens with one attached hydrogen (secondary N) is 2. The summed E-state index contributed by atoms with van der Waals surface area (Å²) in [6.07, 6.45) is 7.11. The molecule has 40 heavy (non-hydrogen) atoms. The highest BCUT2D eigenvalue weighted by Gasteiger charge is 2.16. The first-order valence-electron chi connectivity index (χ1n) is 12.0. The molecule has 2 aromatic heterocycles. The Balaban J connectivity index is 1.52. The zero-order valence-corrected chi connectivity index (χ0v) is 24.6. The van der Waals surface area contributed by atoms with Crippen molar-refractivity contribution in [2.45, 2.75) is 24.2 Å². The van der Waals surface area contributed by atoms with Gasteiger partial charge in [-0.3, -0.25) is 9.36 Å². The van der Waals surface area contributed by atoms with Crippen molar-refractivity contribution >= 4 is 76.9 Å². The number of thioether (sulfide) groups is 1. The Hall–Kier alpha value is -3.31. The molecule has 0 aliphatic rings. The molecule has 4 rings (SSSR count). The van der Waals surface area contributed by atoms with Gasteiger partial charge in [-0.25, -0.2) is 14.6 Å². The molecule has 0 atom stereocenters. The smallest absolute Gasteiger partial charge is 0.325 e. The predicted octanol–water partition coefficient (Wildman–Crippen LogP) is 5.04. The molecule has 0 spiro atoms. The first-order valence-corrected chi connectivity index (χ1v) is 16.0. The van der Waals surface area contributed by atoms with Crippen molar-refractivity contribution in [3.8, 4) is 18.1 Å². The molecule has 0 saturated heterocycles. The van der Waals surface area contributed by atoms with Crippen LogP contribution < -0.4 is 15.4 Å². The first kappa shape index (κ1) is 29.7. The molecule has 4 N–H and O–H groups in total. The Bertz CT molecular complexity index is 1680. The number of aromatic nitrogens is 4. The van der Waals surface area contributed by atoms with Gasteiger partial charge in [0, 0.05) is 28.5 Å². The maximum Gasteiger partial charge on any atom is 0.325 e. The van der Waals surface area contributed by atoms with Crippen molar-refractivity contribution in [3.05, 3.63) is 52.2 Å². The van der Waals surface area contributed by atoms with Gasteiger partial charge in [0.25, 0.3) is 0 Å². The minimum atomic E-state index is -4.03. The van der Waals surface area contributed by atoms with Gasteiger partial charge >= 0.3 is 7.60 Å². The zero-order valence-electron chi connectivity index (χ0n) is 21.2. The molecular weight excluding hydrogens is 591 g/mol. The van der Waals surface area contributed by atoms with Gasteiger partial charge in [-0.15, -0.1) is 6.42 Å². The van der Waals surface area contributed by atoms with Gasteiger partial charge in [0.1, 0.15) is 24.4 Å². The van der Waals surface area contributed by atoms with E-state index in [1.807, 2.05) is 31.2 Å². The molecule has 0 saturated carbocycles. The van der Waals surface area contributed by atoms with Gasteiger partial charge in [-0.1, -0.05) is 35.1 Å². The SMILES string of the molecule is C#Cc1cccc(Nc2ncnc3cc(OCC)c(NC(=O)Cn4nc(SCCCP(=O)(O)O)sc4=S)cc23)c1. The topological polar surface area (TPSA) is 151 Å². The number of carbonyl (C=O) groups is 1. The normalized spacial score (nSPS) is 11.2. The Labute approximate surface area is 243 Å². The fourth-order valence-electron chi connectivity index (χ4n) is 3.58. The van der Waals surface area contributed by atoms with Gasteiger partial charge in [0.05, 0.1) is 24.0 Å². The monoisotopic (exact) mass is 616 g/mol. The number of terminal acetylenes is 1. The summed E-state index contributed by atoms with van der Waals surface area (Å²) in [6.45, 7) is 2.09. The lowest BCUT2D eigenvalue weighted by molar-refractivity contribution is -0.117. The number of ether oxygens (including phenoxy) is 1. The third-order valence-corrected chi connectivity index (χ3v) is 8.73. The van der Waals surface area contributed by atoms with E-state index in [-0.39, 0.29) is 18.6 Å². The van der Waals surface area contributed by atoms with Crippen LogP contribution in [-0.2, 0) is 15.9 Å². The Morgan fingerprint density at radius 3 is 2.88 bits per heavy atom. The third-order valence-electron chi connectivity index (χ3n) is 5.30. The van der Waals surface area contributed by atoms with E-state index in [2.05, 4.69) is 31.6 Å². The summed E-state index contributed by atoms with van der Waals surface area (Å²) in [4.78, 5) is 39.8. The number of nitrogens with zero attached hydrogens (tertiary/aromatic N) is 4. The molecule has 1 amide bonds. The van der Waals surface area contributed by atoms with E-state index in [9.17, 15) is 9.36 Å². The lowest BCUT2D eigenvalue weighted by Crippen LogP contribution is -2.20. The number of rotatable bonds is 12. The molecule has 2 aromatic carbocycles. The van der Waals surface area contributed by atoms with Crippen LogP contribution in [0.5, 0.6) is 5.75 Å². The zero-order chi connectivity index (χ0) is 28.7. The van der Waals surface area contributed by atoms with Gasteiger partial charge in [0.15, 0.2) is 8.29 Å². The van der Waals surface area contributed by atoms with E-state index in [0.717, 1.165) is 11.3 Å². The van der Waals surface area contributed by atoms with Gasteiger partial charge < -0.3 is 25.2 Å². The Morgan fingerprint density at radius 2 is 2.12 bits per heavy atom. The highest BCUT2D eigenvalue weighted by Crippen LogP contribution is 2.36. The second-order valence-electron chi connectivity index (χ2n) is 8.30. The van der Waals surface area contributed by atoms with Crippen molar-refractivity contribution in [2.24, 2.45) is 0 Å². The molecule has 15 heteroatoms. The summed E-state index contributed by atoms with van der Waals surface area (Å²) in [7, 11) is -4.03. The van der Waals surface area contributed by atoms with Crippen molar-refractivity contribution in [3.63, 3.8) is 0 Å². The van der Waals surface area contributed by atoms with Gasteiger partial charge in [0.2, 0.25) is 5.91 Å². The van der Waals surface area contributed by atoms with E-state index in [1.54, 1.807) is 12.1 Å². The quantitative estimate of drug-likeness (QED) is 0.0557. The molecule has 0 bridgehead atoms. The summed E-state index contributed by atoms with van der Waals surface area (Å²) < 4.78 is 19.2. The van der Waals surface area contributed by atoms with Crippen molar-refractivity contribution in [1.82, 2.24) is 19.7 Å². The van der Waals surface area contributed by atoms with Crippen LogP contribution in [0.2, 0.25) is 0 Å². The molecule has 0 aliphatic carbocycles. The molecule has 208 valence electrons. The summed E-state index contributed by atoms with van der Waals surface area (Å²) in [5.41, 5.74) is 2.53. The van der Waals surface area contributed by atoms with Crippen LogP contribution in [0.25, 0.3) is 10.9 Å². The molecule has 0 fully saturated rings. The minimum absolute atomic E-state index is 0.128. The predicted molar refractivity (Wildman–Crippen MR) is 160 cm³/mol. The van der Waals surface area contributed by atoms with Crippen LogP contribution in [0.15, 0.2) is 47.1 Å². The number of hydrogen-bond acceptors (Lipinski definition) is 10. The Kier molecular flexibility index (Phi) is 9.91. The maximum atomic E-state index is 13.0. The molecule has 11 nitrogen and oxygen atoms in total. The van der Waals surface area contributed by atoms with Crippen LogP contribution in [0, 0.1) is 16.3 Å². The highest BCUT2D eigenvalue weighted by molar-refractivity contribution is 8.01. The molecule has 2 heterocycles. The van der Waals surface area contributed by atoms with Crippen molar-refractivity contribution in [1.29, 1.82) is 0 Å². The van der Waals surface area contributed by atoms with Crippen LogP contribution in [-0.4, -0.2) is 54.0 Å². The van der Waals surface area contributed by atoms with E-state index in [4.69, 9.17) is 33.2 Å². The van der Waals surface area contributed by atoms with Gasteiger partial charge in [-0.2, -0.15) is 5.10 Å². The fraction of sp³-hybridized carbons (Fsp3) is 0.240. The third kappa shape index (κ3) is 8.11. The summed E-state index contributed by atoms with van der Waals surface area (Å²) in [5, 5.41) is 11.2. The van der Waals surface area contributed by atoms with Crippen LogP contribution in [0.1, 0.15) is 18.9 Å². The second kappa shape index (κ2) is 13.4. The highest BCUT2D eigenvalue weighted by atomic mass is 32.2. The summed E-state index contributed by atoms with van der Waals surface area (Å²) in [6, 6.07) is 10.8. The van der Waals surface area contributed by atoms with E-state index in [1.165, 1.54) is 34.1 Å². The van der Waals surface area contributed by atoms with E-state index in [0.29, 0.717) is 55.2 Å². The minimum Gasteiger partial charge on any atom is -0.492 e. The summed E-state index contributed by atoms with van der Waals surface area (Å²) >= 11 is 7.93. The van der Waals surface area contributed by atoms with E-state index >= 15 is 0 Å². The number of amides is 1. The number of anilines is 3. The largest absolute Gasteiger partial charge is 0.492 e. The van der Waals surface area contributed by atoms with Gasteiger partial charge in [-0.05, 0) is 49.8 Å². The maximum absolute atomic E-state index is 13.0. The molecule has 0 unspecified atom stereocenters. The standard InChI is InChI=1S/C25H25N6O5PS3/c1-3-16-7-5-8-17(11-16)28-23-18-12-20(21(36-4-2)13-19(18)26-15-27-23)29-22(32)14-31-25(38)40-24(30-31)39-10-6-9-37(33,34)35/h1,5,7-8,11-13,15H,4,6,9-10,14H2,2H3,(H,29,32)(H,26,27,28)(H2,33,34,35). The summed E-state index contributed by atoms with van der Waals surface area (Å²) in [5.74, 6) is 3.69. The molecule has 0 aliphatic heterocycles. The number of carbonyl (C=O) groups excluding carboxylic acids is 1. The lowest BCUT2D eigenvalue weighted by atomic mass is 10.1. The van der Waals surface area contributed by atoms with Crippen molar-refractivity contribution < 1.29 is 23.9 Å². The molecular formula is C25H25N6O5PS3. The first-order chi connectivity index (χ1) is 19.1. The number of benzene rings is 2. The molecule has 4 aromatic rings. The number of fused-ring (bicyclic) bond motifs is 1. The van der Waals surface area contributed by atoms with Crippen LogP contribution >= 0.6 is 42.9 Å². The van der Waals surface area contributed by atoms with E-state index < -0.39 is 7.60 Å².